The van der Waals surface area contributed by atoms with E-state index in [2.05, 4.69) is 31.2 Å². The molecule has 0 aromatic carbocycles. The Labute approximate surface area is 103 Å². The summed E-state index contributed by atoms with van der Waals surface area (Å²) in [5, 5.41) is 7.27. The summed E-state index contributed by atoms with van der Waals surface area (Å²) in [6.07, 6.45) is 0.560. The number of carbonyl (C=O) groups excluding carboxylic acids is 1. The number of aromatic nitrogens is 2. The average Bonchev–Trinajstić information content (AvgIpc) is 2.42. The Morgan fingerprint density at radius 3 is 2.53 bits per heavy atom. The normalized spacial score (nSPS) is 11.6. The zero-order valence-corrected chi connectivity index (χ0v) is 11.5. The van der Waals surface area contributed by atoms with Crippen LogP contribution in [0.3, 0.4) is 0 Å². The minimum absolute atomic E-state index is 0.0439. The number of aryl methyl sites for hydroxylation is 2. The van der Waals surface area contributed by atoms with Crippen LogP contribution in [-0.4, -0.2) is 22.2 Å². The number of carbonyl (C=O) groups is 1. The van der Waals surface area contributed by atoms with E-state index in [1.54, 1.807) is 0 Å². The molecule has 1 heterocycles. The molecule has 1 rings (SSSR count). The highest BCUT2D eigenvalue weighted by atomic mass is 16.1. The molecular weight excluding hydrogens is 214 g/mol. The molecule has 0 bridgehead atoms. The molecule has 0 aliphatic rings. The summed E-state index contributed by atoms with van der Waals surface area (Å²) < 4.78 is 1.92. The summed E-state index contributed by atoms with van der Waals surface area (Å²) in [4.78, 5) is 11.6. The van der Waals surface area contributed by atoms with Crippen LogP contribution in [0, 0.1) is 19.3 Å². The lowest BCUT2D eigenvalue weighted by molar-refractivity contribution is -0.122. The smallest absolute Gasteiger partial charge is 0.220 e. The van der Waals surface area contributed by atoms with Crippen molar-refractivity contribution in [3.63, 3.8) is 0 Å². The Bertz CT molecular complexity index is 388. The molecule has 1 aromatic heterocycles. The van der Waals surface area contributed by atoms with E-state index in [1.165, 1.54) is 0 Å². The van der Waals surface area contributed by atoms with Crippen LogP contribution in [0.2, 0.25) is 0 Å². The molecule has 1 aromatic rings. The summed E-state index contributed by atoms with van der Waals surface area (Å²) in [7, 11) is 0. The molecule has 0 radical (unpaired) electrons. The molecule has 0 saturated carbocycles. The fourth-order valence-electron chi connectivity index (χ4n) is 1.75. The predicted octanol–water partition coefficient (Wildman–Crippen LogP) is 2.05. The van der Waals surface area contributed by atoms with Crippen molar-refractivity contribution < 1.29 is 4.79 Å². The first kappa shape index (κ1) is 13.7. The molecule has 0 aliphatic heterocycles. The number of nitrogens with zero attached hydrogens (tertiary/aromatic N) is 2. The van der Waals surface area contributed by atoms with Crippen molar-refractivity contribution in [2.75, 3.05) is 6.54 Å². The molecule has 0 fully saturated rings. The third-order valence-corrected chi connectivity index (χ3v) is 2.44. The molecule has 1 amide bonds. The second-order valence-electron chi connectivity index (χ2n) is 5.74. The van der Waals surface area contributed by atoms with Crippen LogP contribution in [0.5, 0.6) is 0 Å². The maximum atomic E-state index is 11.6. The number of amides is 1. The first-order chi connectivity index (χ1) is 7.78. The van der Waals surface area contributed by atoms with Crippen molar-refractivity contribution in [3.8, 4) is 0 Å². The molecule has 0 aliphatic carbocycles. The van der Waals surface area contributed by atoms with Crippen LogP contribution in [0.15, 0.2) is 6.07 Å². The van der Waals surface area contributed by atoms with Gasteiger partial charge in [-0.15, -0.1) is 0 Å². The fourth-order valence-corrected chi connectivity index (χ4v) is 1.75. The van der Waals surface area contributed by atoms with Gasteiger partial charge < -0.3 is 5.32 Å². The average molecular weight is 237 g/mol. The molecule has 0 spiro atoms. The summed E-state index contributed by atoms with van der Waals surface area (Å²) >= 11 is 0. The molecule has 0 atom stereocenters. The van der Waals surface area contributed by atoms with Crippen LogP contribution < -0.4 is 5.32 Å². The molecule has 96 valence electrons. The Morgan fingerprint density at radius 2 is 2.06 bits per heavy atom. The number of hydrogen-bond acceptors (Lipinski definition) is 2. The summed E-state index contributed by atoms with van der Waals surface area (Å²) in [5.74, 6) is 0.110. The van der Waals surface area contributed by atoms with Crippen molar-refractivity contribution in [2.24, 2.45) is 5.41 Å². The van der Waals surface area contributed by atoms with E-state index in [9.17, 15) is 4.79 Å². The maximum absolute atomic E-state index is 11.6. The zero-order valence-electron chi connectivity index (χ0n) is 11.5. The minimum atomic E-state index is 0.0439. The van der Waals surface area contributed by atoms with Gasteiger partial charge >= 0.3 is 0 Å². The Morgan fingerprint density at radius 1 is 1.41 bits per heavy atom. The van der Waals surface area contributed by atoms with Crippen LogP contribution >= 0.6 is 0 Å². The molecule has 1 N–H and O–H groups in total. The second-order valence-corrected chi connectivity index (χ2v) is 5.74. The van der Waals surface area contributed by atoms with Crippen molar-refractivity contribution >= 4 is 5.91 Å². The SMILES string of the molecule is Cc1cc(C)n(CCNC(=O)CC(C)(C)C)n1. The van der Waals surface area contributed by atoms with E-state index in [1.807, 2.05) is 24.6 Å². The van der Waals surface area contributed by atoms with Crippen molar-refractivity contribution in [3.05, 3.63) is 17.5 Å². The van der Waals surface area contributed by atoms with Crippen molar-refractivity contribution in [1.82, 2.24) is 15.1 Å². The molecule has 0 saturated heterocycles. The quantitative estimate of drug-likeness (QED) is 0.871. The summed E-state index contributed by atoms with van der Waals surface area (Å²) in [5.41, 5.74) is 2.19. The number of hydrogen-bond donors (Lipinski definition) is 1. The topological polar surface area (TPSA) is 46.9 Å². The van der Waals surface area contributed by atoms with E-state index in [4.69, 9.17) is 0 Å². The highest BCUT2D eigenvalue weighted by molar-refractivity contribution is 5.76. The maximum Gasteiger partial charge on any atom is 0.220 e. The van der Waals surface area contributed by atoms with Gasteiger partial charge in [-0.05, 0) is 25.3 Å². The van der Waals surface area contributed by atoms with Gasteiger partial charge in [-0.1, -0.05) is 20.8 Å². The van der Waals surface area contributed by atoms with Gasteiger partial charge in [0.05, 0.1) is 12.2 Å². The third-order valence-electron chi connectivity index (χ3n) is 2.44. The van der Waals surface area contributed by atoms with E-state index in [0.29, 0.717) is 13.0 Å². The number of rotatable bonds is 4. The van der Waals surface area contributed by atoms with Gasteiger partial charge in [0.2, 0.25) is 5.91 Å². The van der Waals surface area contributed by atoms with E-state index >= 15 is 0 Å². The predicted molar refractivity (Wildman–Crippen MR) is 68.8 cm³/mol. The second kappa shape index (κ2) is 5.34. The largest absolute Gasteiger partial charge is 0.354 e. The lowest BCUT2D eigenvalue weighted by Crippen LogP contribution is -2.30. The van der Waals surface area contributed by atoms with Crippen molar-refractivity contribution in [2.45, 2.75) is 47.6 Å². The van der Waals surface area contributed by atoms with Gasteiger partial charge in [-0.3, -0.25) is 9.48 Å². The van der Waals surface area contributed by atoms with Gasteiger partial charge in [0.15, 0.2) is 0 Å². The third kappa shape index (κ3) is 5.02. The fraction of sp³-hybridized carbons (Fsp3) is 0.692. The monoisotopic (exact) mass is 237 g/mol. The lowest BCUT2D eigenvalue weighted by Gasteiger charge is -2.17. The van der Waals surface area contributed by atoms with Crippen LogP contribution in [-0.2, 0) is 11.3 Å². The van der Waals surface area contributed by atoms with E-state index < -0.39 is 0 Å². The minimum Gasteiger partial charge on any atom is -0.354 e. The Hall–Kier alpha value is -1.32. The van der Waals surface area contributed by atoms with E-state index in [0.717, 1.165) is 17.9 Å². The molecule has 4 nitrogen and oxygen atoms in total. The first-order valence-electron chi connectivity index (χ1n) is 6.06. The first-order valence-corrected chi connectivity index (χ1v) is 6.06. The van der Waals surface area contributed by atoms with Gasteiger partial charge in [-0.2, -0.15) is 5.10 Å². The molecular formula is C13H23N3O. The van der Waals surface area contributed by atoms with Crippen molar-refractivity contribution in [1.29, 1.82) is 0 Å². The van der Waals surface area contributed by atoms with Gasteiger partial charge in [0.25, 0.3) is 0 Å². The van der Waals surface area contributed by atoms with Crippen LogP contribution in [0.25, 0.3) is 0 Å². The molecule has 4 heteroatoms. The molecule has 17 heavy (non-hydrogen) atoms. The van der Waals surface area contributed by atoms with Crippen LogP contribution in [0.4, 0.5) is 0 Å². The Balaban J connectivity index is 2.33. The highest BCUT2D eigenvalue weighted by Crippen LogP contribution is 2.17. The lowest BCUT2D eigenvalue weighted by atomic mass is 9.92. The highest BCUT2D eigenvalue weighted by Gasteiger charge is 2.15. The molecule has 0 unspecified atom stereocenters. The zero-order chi connectivity index (χ0) is 13.1. The summed E-state index contributed by atoms with van der Waals surface area (Å²) in [6.45, 7) is 11.6. The standard InChI is InChI=1S/C13H23N3O/c1-10-8-11(2)16(15-10)7-6-14-12(17)9-13(3,4)5/h8H,6-7,9H2,1-5H3,(H,14,17). The van der Waals surface area contributed by atoms with Gasteiger partial charge in [-0.25, -0.2) is 0 Å². The summed E-state index contributed by atoms with van der Waals surface area (Å²) in [6, 6.07) is 2.04. The number of nitrogens with one attached hydrogen (secondary N) is 1. The van der Waals surface area contributed by atoms with Gasteiger partial charge in [0, 0.05) is 18.7 Å². The van der Waals surface area contributed by atoms with Gasteiger partial charge in [0.1, 0.15) is 0 Å². The van der Waals surface area contributed by atoms with Crippen LogP contribution in [0.1, 0.15) is 38.6 Å². The van der Waals surface area contributed by atoms with E-state index in [-0.39, 0.29) is 11.3 Å². The Kier molecular flexibility index (Phi) is 4.32.